The molecule has 0 saturated heterocycles. The molecule has 0 radical (unpaired) electrons. The van der Waals surface area contributed by atoms with Crippen molar-refractivity contribution < 1.29 is 0 Å². The van der Waals surface area contributed by atoms with E-state index in [-0.39, 0.29) is 6.04 Å². The zero-order valence-corrected chi connectivity index (χ0v) is 11.0. The van der Waals surface area contributed by atoms with Crippen molar-refractivity contribution in [3.05, 3.63) is 51.4 Å². The summed E-state index contributed by atoms with van der Waals surface area (Å²) in [7, 11) is 1.89. The van der Waals surface area contributed by atoms with Crippen molar-refractivity contribution in [1.29, 1.82) is 0 Å². The van der Waals surface area contributed by atoms with Gasteiger partial charge < -0.3 is 0 Å². The summed E-state index contributed by atoms with van der Waals surface area (Å²) in [5.74, 6) is 5.61. The van der Waals surface area contributed by atoms with Crippen LogP contribution in [0.25, 0.3) is 0 Å². The summed E-state index contributed by atoms with van der Waals surface area (Å²) in [6.07, 6.45) is 3.79. The Morgan fingerprint density at radius 1 is 1.44 bits per heavy atom. The number of benzene rings is 1. The van der Waals surface area contributed by atoms with Crippen LogP contribution in [0.1, 0.15) is 17.2 Å². The van der Waals surface area contributed by atoms with E-state index in [4.69, 9.17) is 5.84 Å². The summed E-state index contributed by atoms with van der Waals surface area (Å²) in [5.41, 5.74) is 5.02. The summed E-state index contributed by atoms with van der Waals surface area (Å²) < 4.78 is 2.97. The summed E-state index contributed by atoms with van der Waals surface area (Å²) in [6.45, 7) is 0. The first kappa shape index (κ1) is 11.6. The van der Waals surface area contributed by atoms with Gasteiger partial charge in [-0.2, -0.15) is 5.10 Å². The van der Waals surface area contributed by atoms with E-state index in [2.05, 4.69) is 51.3 Å². The summed E-state index contributed by atoms with van der Waals surface area (Å²) in [5, 5.41) is 4.15. The molecule has 0 fully saturated rings. The Morgan fingerprint density at radius 3 is 2.81 bits per heavy atom. The molecule has 3 N–H and O–H groups in total. The van der Waals surface area contributed by atoms with Crippen LogP contribution < -0.4 is 11.3 Å². The normalized spacial score (nSPS) is 12.7. The van der Waals surface area contributed by atoms with Crippen molar-refractivity contribution in [2.75, 3.05) is 0 Å². The van der Waals surface area contributed by atoms with E-state index in [1.807, 2.05) is 25.5 Å². The Hall–Kier alpha value is -0.920. The number of rotatable bonds is 3. The van der Waals surface area contributed by atoms with Gasteiger partial charge in [0.05, 0.1) is 12.2 Å². The lowest BCUT2D eigenvalue weighted by atomic mass is 10.0. The summed E-state index contributed by atoms with van der Waals surface area (Å²) in [6, 6.07) is 8.24. The molecule has 1 aromatic heterocycles. The highest BCUT2D eigenvalue weighted by molar-refractivity contribution is 14.1. The van der Waals surface area contributed by atoms with Crippen molar-refractivity contribution in [3.63, 3.8) is 0 Å². The highest BCUT2D eigenvalue weighted by Crippen LogP contribution is 2.21. The van der Waals surface area contributed by atoms with Gasteiger partial charge in [-0.1, -0.05) is 12.1 Å². The predicted octanol–water partition coefficient (Wildman–Crippen LogP) is 1.58. The Kier molecular flexibility index (Phi) is 3.57. The molecule has 16 heavy (non-hydrogen) atoms. The first-order chi connectivity index (χ1) is 7.70. The molecule has 1 aromatic carbocycles. The lowest BCUT2D eigenvalue weighted by molar-refractivity contribution is 0.635. The molecule has 1 atom stereocenters. The van der Waals surface area contributed by atoms with Crippen molar-refractivity contribution in [2.24, 2.45) is 12.9 Å². The number of hydrogen-bond acceptors (Lipinski definition) is 3. The Morgan fingerprint density at radius 2 is 2.25 bits per heavy atom. The monoisotopic (exact) mass is 328 g/mol. The molecule has 2 rings (SSSR count). The average molecular weight is 328 g/mol. The van der Waals surface area contributed by atoms with Crippen LogP contribution in [0.5, 0.6) is 0 Å². The number of nitrogens with one attached hydrogen (secondary N) is 1. The minimum atomic E-state index is -0.0107. The maximum Gasteiger partial charge on any atom is 0.0741 e. The van der Waals surface area contributed by atoms with Gasteiger partial charge in [0.25, 0.3) is 0 Å². The van der Waals surface area contributed by atoms with Crippen molar-refractivity contribution >= 4 is 22.6 Å². The molecule has 0 spiro atoms. The molecule has 0 aliphatic rings. The van der Waals surface area contributed by atoms with Gasteiger partial charge in [-0.05, 0) is 40.3 Å². The molecular formula is C11H13IN4. The number of hydrogen-bond donors (Lipinski definition) is 2. The third kappa shape index (κ3) is 2.42. The number of hydrazine groups is 1. The Bertz CT molecular complexity index is 480. The number of halogens is 1. The van der Waals surface area contributed by atoms with Crippen molar-refractivity contribution in [2.45, 2.75) is 6.04 Å². The van der Waals surface area contributed by atoms with Crippen LogP contribution >= 0.6 is 22.6 Å². The zero-order chi connectivity index (χ0) is 11.5. The number of nitrogens with zero attached hydrogens (tertiary/aromatic N) is 2. The van der Waals surface area contributed by atoms with Crippen LogP contribution in [0.3, 0.4) is 0 Å². The third-order valence-corrected chi connectivity index (χ3v) is 3.08. The first-order valence-electron chi connectivity index (χ1n) is 4.91. The van der Waals surface area contributed by atoms with E-state index in [1.165, 1.54) is 3.57 Å². The Labute approximate surface area is 108 Å². The fraction of sp³-hybridized carbons (Fsp3) is 0.182. The fourth-order valence-electron chi connectivity index (χ4n) is 1.66. The van der Waals surface area contributed by atoms with Crippen LogP contribution in [0, 0.1) is 3.57 Å². The second kappa shape index (κ2) is 4.94. The lowest BCUT2D eigenvalue weighted by Crippen LogP contribution is -2.28. The van der Waals surface area contributed by atoms with E-state index in [1.54, 1.807) is 4.68 Å². The van der Waals surface area contributed by atoms with Crippen LogP contribution in [-0.2, 0) is 7.05 Å². The van der Waals surface area contributed by atoms with E-state index in [9.17, 15) is 0 Å². The molecule has 0 aliphatic heterocycles. The molecule has 1 unspecified atom stereocenters. The topological polar surface area (TPSA) is 55.9 Å². The molecule has 0 amide bonds. The quantitative estimate of drug-likeness (QED) is 0.511. The number of aromatic nitrogens is 2. The molecular weight excluding hydrogens is 315 g/mol. The van der Waals surface area contributed by atoms with E-state index >= 15 is 0 Å². The standard InChI is InChI=1S/C11H13IN4/c1-16-7-9(6-14-16)11(15-13)8-3-2-4-10(12)5-8/h2-7,11,15H,13H2,1H3. The predicted molar refractivity (Wildman–Crippen MR) is 71.5 cm³/mol. The molecule has 0 bridgehead atoms. The zero-order valence-electron chi connectivity index (χ0n) is 8.89. The van der Waals surface area contributed by atoms with Gasteiger partial charge in [0.2, 0.25) is 0 Å². The SMILES string of the molecule is Cn1cc(C(NN)c2cccc(I)c2)cn1. The molecule has 2 aromatic rings. The Balaban J connectivity index is 2.36. The fourth-order valence-corrected chi connectivity index (χ4v) is 2.23. The molecule has 0 saturated carbocycles. The van der Waals surface area contributed by atoms with Gasteiger partial charge in [-0.15, -0.1) is 0 Å². The molecule has 1 heterocycles. The maximum atomic E-state index is 5.61. The summed E-state index contributed by atoms with van der Waals surface area (Å²) >= 11 is 2.29. The molecule has 5 heteroatoms. The maximum absolute atomic E-state index is 5.61. The van der Waals surface area contributed by atoms with E-state index < -0.39 is 0 Å². The van der Waals surface area contributed by atoms with Crippen molar-refractivity contribution in [1.82, 2.24) is 15.2 Å². The molecule has 0 aliphatic carbocycles. The van der Waals surface area contributed by atoms with Gasteiger partial charge in [0, 0.05) is 22.4 Å². The van der Waals surface area contributed by atoms with Gasteiger partial charge in [0.15, 0.2) is 0 Å². The number of nitrogens with two attached hydrogens (primary N) is 1. The average Bonchev–Trinajstić information content (AvgIpc) is 2.66. The smallest absolute Gasteiger partial charge is 0.0741 e. The molecule has 84 valence electrons. The molecule has 4 nitrogen and oxygen atoms in total. The largest absolute Gasteiger partial charge is 0.275 e. The van der Waals surface area contributed by atoms with Gasteiger partial charge in [0.1, 0.15) is 0 Å². The van der Waals surface area contributed by atoms with E-state index in [0.29, 0.717) is 0 Å². The number of aryl methyl sites for hydroxylation is 1. The van der Waals surface area contributed by atoms with Gasteiger partial charge in [-0.3, -0.25) is 10.5 Å². The summed E-state index contributed by atoms with van der Waals surface area (Å²) in [4.78, 5) is 0. The third-order valence-electron chi connectivity index (χ3n) is 2.41. The van der Waals surface area contributed by atoms with E-state index in [0.717, 1.165) is 11.1 Å². The minimum absolute atomic E-state index is 0.0107. The van der Waals surface area contributed by atoms with Gasteiger partial charge in [-0.25, -0.2) is 5.43 Å². The van der Waals surface area contributed by atoms with Crippen LogP contribution in [0.2, 0.25) is 0 Å². The van der Waals surface area contributed by atoms with Crippen LogP contribution in [-0.4, -0.2) is 9.78 Å². The highest BCUT2D eigenvalue weighted by atomic mass is 127. The van der Waals surface area contributed by atoms with Gasteiger partial charge >= 0.3 is 0 Å². The highest BCUT2D eigenvalue weighted by Gasteiger charge is 2.13. The minimum Gasteiger partial charge on any atom is -0.275 e. The lowest BCUT2D eigenvalue weighted by Gasteiger charge is -2.14. The van der Waals surface area contributed by atoms with Crippen LogP contribution in [0.15, 0.2) is 36.7 Å². The van der Waals surface area contributed by atoms with Crippen molar-refractivity contribution in [3.8, 4) is 0 Å². The second-order valence-corrected chi connectivity index (χ2v) is 4.85. The second-order valence-electron chi connectivity index (χ2n) is 3.60. The van der Waals surface area contributed by atoms with Crippen LogP contribution in [0.4, 0.5) is 0 Å². The first-order valence-corrected chi connectivity index (χ1v) is 5.98.